The monoisotopic (exact) mass is 425 g/mol. The van der Waals surface area contributed by atoms with Gasteiger partial charge in [0.1, 0.15) is 11.0 Å². The summed E-state index contributed by atoms with van der Waals surface area (Å²) in [4.78, 5) is 17.1. The van der Waals surface area contributed by atoms with Crippen LogP contribution < -0.4 is 9.62 Å². The number of hydrogen-bond donors (Lipinski definition) is 1. The highest BCUT2D eigenvalue weighted by Crippen LogP contribution is 2.30. The van der Waals surface area contributed by atoms with E-state index in [-0.39, 0.29) is 5.91 Å². The minimum atomic E-state index is -0.971. The second kappa shape index (κ2) is 8.35. The number of rotatable bonds is 4. The molecule has 1 fully saturated rings. The maximum atomic E-state index is 12.7. The van der Waals surface area contributed by atoms with Gasteiger partial charge in [-0.15, -0.1) is 0 Å². The first-order valence-corrected chi connectivity index (χ1v) is 11.0. The molecule has 1 aromatic heterocycles. The minimum absolute atomic E-state index is 0.218. The van der Waals surface area contributed by atoms with Crippen molar-refractivity contribution in [1.82, 2.24) is 4.98 Å². The first kappa shape index (κ1) is 19.6. The highest BCUT2D eigenvalue weighted by atomic mass is 35.5. The fourth-order valence-corrected chi connectivity index (χ4v) is 4.70. The average molecular weight is 426 g/mol. The van der Waals surface area contributed by atoms with Gasteiger partial charge >= 0.3 is 0 Å². The molecule has 2 aromatic carbocycles. The number of aryl methyl sites for hydroxylation is 1. The number of pyridine rings is 1. The highest BCUT2D eigenvalue weighted by molar-refractivity contribution is 7.86. The van der Waals surface area contributed by atoms with Crippen LogP contribution in [0.5, 0.6) is 0 Å². The van der Waals surface area contributed by atoms with E-state index in [1.54, 1.807) is 30.5 Å². The molecule has 0 bridgehead atoms. The lowest BCUT2D eigenvalue weighted by atomic mass is 10.1. The number of halogens is 1. The van der Waals surface area contributed by atoms with Crippen LogP contribution in [0.4, 0.5) is 11.4 Å². The summed E-state index contributed by atoms with van der Waals surface area (Å²) in [6, 6.07) is 16.4. The zero-order chi connectivity index (χ0) is 20.4. The first-order chi connectivity index (χ1) is 14.0. The smallest absolute Gasteiger partial charge is 0.255 e. The molecule has 3 aromatic rings. The van der Waals surface area contributed by atoms with Crippen molar-refractivity contribution in [2.75, 3.05) is 21.9 Å². The predicted molar refractivity (Wildman–Crippen MR) is 119 cm³/mol. The molecule has 1 saturated heterocycles. The summed E-state index contributed by atoms with van der Waals surface area (Å²) in [5.41, 5.74) is 4.62. The number of nitrogens with zero attached hydrogens (tertiary/aromatic N) is 2. The van der Waals surface area contributed by atoms with Crippen LogP contribution in [-0.4, -0.2) is 27.4 Å². The molecule has 1 unspecified atom stereocenters. The maximum absolute atomic E-state index is 12.7. The summed E-state index contributed by atoms with van der Waals surface area (Å²) in [5.74, 6) is 0.473. The molecule has 1 N–H and O–H groups in total. The molecule has 1 atom stereocenters. The van der Waals surface area contributed by atoms with Gasteiger partial charge < -0.3 is 5.32 Å². The van der Waals surface area contributed by atoms with Crippen LogP contribution >= 0.6 is 11.6 Å². The molecule has 1 amide bonds. The fourth-order valence-electron chi connectivity index (χ4n) is 3.20. The summed E-state index contributed by atoms with van der Waals surface area (Å²) >= 11 is 6.33. The zero-order valence-corrected chi connectivity index (χ0v) is 17.5. The quantitative estimate of drug-likeness (QED) is 0.650. The third-order valence-corrected chi connectivity index (χ3v) is 6.61. The largest absolute Gasteiger partial charge is 0.322 e. The topological polar surface area (TPSA) is 62.3 Å². The third-order valence-electron chi connectivity index (χ3n) is 4.75. The lowest BCUT2D eigenvalue weighted by molar-refractivity contribution is 0.102. The van der Waals surface area contributed by atoms with Gasteiger partial charge in [-0.05, 0) is 67.4 Å². The number of hydrogen-bond acceptors (Lipinski definition) is 3. The Morgan fingerprint density at radius 2 is 1.93 bits per heavy atom. The summed E-state index contributed by atoms with van der Waals surface area (Å²) in [5, 5.41) is 3.48. The van der Waals surface area contributed by atoms with E-state index in [1.807, 2.05) is 41.6 Å². The molecule has 5 nitrogen and oxygen atoms in total. The lowest BCUT2D eigenvalue weighted by Gasteiger charge is -2.16. The Labute approximate surface area is 177 Å². The molecule has 0 spiro atoms. The third kappa shape index (κ3) is 4.33. The van der Waals surface area contributed by atoms with E-state index < -0.39 is 11.0 Å². The van der Waals surface area contributed by atoms with Gasteiger partial charge in [0.2, 0.25) is 0 Å². The van der Waals surface area contributed by atoms with E-state index in [0.717, 1.165) is 35.5 Å². The standard InChI is InChI=1S/C22H20ClN3O2S/c1-15-3-10-21(24-14-15)19-13-17(6-9-20(19)23)25-22(27)16-4-7-18(8-5-16)26-11-2-12-29(26)28/h3-10,13-14H,2,11-12H2,1H3,(H,25,27). The number of carbonyl (C=O) groups excluding carboxylic acids is 1. The SMILES string of the molecule is Cc1ccc(-c2cc(NC(=O)c3ccc(N4CCCS4=O)cc3)ccc2Cl)nc1. The Morgan fingerprint density at radius 3 is 2.59 bits per heavy atom. The summed E-state index contributed by atoms with van der Waals surface area (Å²) in [6.45, 7) is 2.75. The van der Waals surface area contributed by atoms with E-state index in [0.29, 0.717) is 22.0 Å². The lowest BCUT2D eigenvalue weighted by Crippen LogP contribution is -2.19. The number of anilines is 2. The summed E-state index contributed by atoms with van der Waals surface area (Å²) < 4.78 is 13.8. The van der Waals surface area contributed by atoms with Crippen LogP contribution in [0.15, 0.2) is 60.8 Å². The zero-order valence-electron chi connectivity index (χ0n) is 15.9. The van der Waals surface area contributed by atoms with Gasteiger partial charge in [-0.1, -0.05) is 17.7 Å². The van der Waals surface area contributed by atoms with E-state index in [9.17, 15) is 9.00 Å². The second-order valence-electron chi connectivity index (χ2n) is 6.90. The molecule has 1 aliphatic heterocycles. The normalized spacial score (nSPS) is 16.1. The van der Waals surface area contributed by atoms with Crippen molar-refractivity contribution in [2.24, 2.45) is 0 Å². The fraction of sp³-hybridized carbons (Fsp3) is 0.182. The minimum Gasteiger partial charge on any atom is -0.322 e. The van der Waals surface area contributed by atoms with Gasteiger partial charge in [0.25, 0.3) is 5.91 Å². The number of amides is 1. The van der Waals surface area contributed by atoms with Crippen molar-refractivity contribution in [1.29, 1.82) is 0 Å². The molecular weight excluding hydrogens is 406 g/mol. The Balaban J connectivity index is 1.51. The van der Waals surface area contributed by atoms with Crippen molar-refractivity contribution in [3.05, 3.63) is 76.9 Å². The average Bonchev–Trinajstić information content (AvgIpc) is 3.16. The second-order valence-corrected chi connectivity index (χ2v) is 8.80. The van der Waals surface area contributed by atoms with E-state index in [4.69, 9.17) is 11.6 Å². The van der Waals surface area contributed by atoms with Crippen LogP contribution in [0.25, 0.3) is 11.3 Å². The van der Waals surface area contributed by atoms with Crippen LogP contribution in [0.1, 0.15) is 22.3 Å². The van der Waals surface area contributed by atoms with Crippen molar-refractivity contribution in [2.45, 2.75) is 13.3 Å². The molecule has 148 valence electrons. The van der Waals surface area contributed by atoms with Crippen LogP contribution in [-0.2, 0) is 11.0 Å². The van der Waals surface area contributed by atoms with E-state index in [2.05, 4.69) is 10.3 Å². The maximum Gasteiger partial charge on any atom is 0.255 e. The van der Waals surface area contributed by atoms with Crippen molar-refractivity contribution >= 4 is 39.9 Å². The van der Waals surface area contributed by atoms with Crippen molar-refractivity contribution in [3.8, 4) is 11.3 Å². The summed E-state index contributed by atoms with van der Waals surface area (Å²) in [7, 11) is -0.971. The van der Waals surface area contributed by atoms with Gasteiger partial charge in [-0.25, -0.2) is 4.21 Å². The molecule has 0 radical (unpaired) electrons. The van der Waals surface area contributed by atoms with Crippen LogP contribution in [0, 0.1) is 6.92 Å². The molecule has 4 rings (SSSR count). The number of carbonyl (C=O) groups is 1. The first-order valence-electron chi connectivity index (χ1n) is 9.31. The van der Waals surface area contributed by atoms with E-state index >= 15 is 0 Å². The molecular formula is C22H20ClN3O2S. The van der Waals surface area contributed by atoms with Crippen molar-refractivity contribution < 1.29 is 9.00 Å². The van der Waals surface area contributed by atoms with Crippen LogP contribution in [0.2, 0.25) is 5.02 Å². The predicted octanol–water partition coefficient (Wildman–Crippen LogP) is 4.84. The molecule has 0 aliphatic carbocycles. The van der Waals surface area contributed by atoms with Gasteiger partial charge in [-0.2, -0.15) is 0 Å². The Hall–Kier alpha value is -2.70. The molecule has 1 aliphatic rings. The van der Waals surface area contributed by atoms with Gasteiger partial charge in [-0.3, -0.25) is 14.1 Å². The molecule has 0 saturated carbocycles. The van der Waals surface area contributed by atoms with Gasteiger partial charge in [0.05, 0.1) is 10.7 Å². The van der Waals surface area contributed by atoms with Crippen molar-refractivity contribution in [3.63, 3.8) is 0 Å². The van der Waals surface area contributed by atoms with Crippen LogP contribution in [0.3, 0.4) is 0 Å². The van der Waals surface area contributed by atoms with Gasteiger partial charge in [0, 0.05) is 41.0 Å². The van der Waals surface area contributed by atoms with E-state index in [1.165, 1.54) is 0 Å². The molecule has 7 heteroatoms. The van der Waals surface area contributed by atoms with Gasteiger partial charge in [0.15, 0.2) is 0 Å². The molecule has 29 heavy (non-hydrogen) atoms. The highest BCUT2D eigenvalue weighted by Gasteiger charge is 2.20. The number of nitrogens with one attached hydrogen (secondary N) is 1. The Bertz CT molecular complexity index is 1070. The number of aromatic nitrogens is 1. The molecule has 2 heterocycles. The Morgan fingerprint density at radius 1 is 1.14 bits per heavy atom. The summed E-state index contributed by atoms with van der Waals surface area (Å²) in [6.07, 6.45) is 2.70. The number of benzene rings is 2. The Kier molecular flexibility index (Phi) is 5.65.